The van der Waals surface area contributed by atoms with Crippen molar-refractivity contribution in [1.29, 1.82) is 0 Å². The Morgan fingerprint density at radius 3 is 2.95 bits per heavy atom. The topological polar surface area (TPSA) is 21.3 Å². The second-order valence-electron chi connectivity index (χ2n) is 4.86. The third kappa shape index (κ3) is 2.90. The molecule has 1 N–H and O–H groups in total. The first-order valence-electron chi connectivity index (χ1n) is 6.55. The number of aryl methyl sites for hydroxylation is 1. The van der Waals surface area contributed by atoms with Crippen LogP contribution >= 0.6 is 43.2 Å². The predicted molar refractivity (Wildman–Crippen MR) is 92.0 cm³/mol. The van der Waals surface area contributed by atoms with E-state index < -0.39 is 0 Å². The highest BCUT2D eigenvalue weighted by atomic mass is 79.9. The Kier molecular flexibility index (Phi) is 4.38. The second-order valence-corrected chi connectivity index (χ2v) is 8.29. The third-order valence-electron chi connectivity index (χ3n) is 3.57. The zero-order valence-electron chi connectivity index (χ0n) is 11.1. The van der Waals surface area contributed by atoms with Crippen LogP contribution in [0.5, 0.6) is 5.75 Å². The van der Waals surface area contributed by atoms with Gasteiger partial charge in [-0.05, 0) is 65.0 Å². The normalized spacial score (nSPS) is 17.6. The maximum atomic E-state index is 5.45. The van der Waals surface area contributed by atoms with Gasteiger partial charge in [-0.3, -0.25) is 0 Å². The molecule has 1 unspecified atom stereocenters. The van der Waals surface area contributed by atoms with Crippen LogP contribution in [0.1, 0.15) is 29.3 Å². The lowest BCUT2D eigenvalue weighted by molar-refractivity contribution is 0.415. The van der Waals surface area contributed by atoms with E-state index in [1.807, 2.05) is 23.5 Å². The van der Waals surface area contributed by atoms with Crippen molar-refractivity contribution in [3.05, 3.63) is 43.0 Å². The smallest absolute Gasteiger partial charge is 0.142 e. The number of hydrogen-bond acceptors (Lipinski definition) is 3. The minimum Gasteiger partial charge on any atom is -0.495 e. The largest absolute Gasteiger partial charge is 0.495 e. The molecule has 1 aromatic carbocycles. The zero-order valence-corrected chi connectivity index (χ0v) is 15.1. The van der Waals surface area contributed by atoms with E-state index in [2.05, 4.69) is 49.3 Å². The summed E-state index contributed by atoms with van der Waals surface area (Å²) in [5, 5.41) is 3.64. The monoisotopic (exact) mass is 415 g/mol. The van der Waals surface area contributed by atoms with Crippen LogP contribution in [-0.2, 0) is 6.42 Å². The van der Waals surface area contributed by atoms with Crippen molar-refractivity contribution < 1.29 is 4.74 Å². The van der Waals surface area contributed by atoms with Crippen LogP contribution in [0.3, 0.4) is 0 Å². The van der Waals surface area contributed by atoms with Crippen LogP contribution in [-0.4, -0.2) is 7.11 Å². The van der Waals surface area contributed by atoms with Gasteiger partial charge in [-0.1, -0.05) is 15.9 Å². The van der Waals surface area contributed by atoms with Crippen LogP contribution in [0.25, 0.3) is 0 Å². The molecule has 0 saturated heterocycles. The predicted octanol–water partition coefficient (Wildman–Crippen LogP) is 5.77. The number of anilines is 1. The summed E-state index contributed by atoms with van der Waals surface area (Å²) in [4.78, 5) is 1.49. The molecule has 0 bridgehead atoms. The van der Waals surface area contributed by atoms with Crippen LogP contribution < -0.4 is 10.1 Å². The van der Waals surface area contributed by atoms with E-state index in [9.17, 15) is 0 Å². The molecule has 0 aliphatic heterocycles. The van der Waals surface area contributed by atoms with Crippen molar-refractivity contribution in [1.82, 2.24) is 0 Å². The number of benzene rings is 1. The van der Waals surface area contributed by atoms with Crippen molar-refractivity contribution >= 4 is 48.9 Å². The molecule has 0 fully saturated rings. The van der Waals surface area contributed by atoms with Gasteiger partial charge in [-0.15, -0.1) is 11.3 Å². The van der Waals surface area contributed by atoms with E-state index >= 15 is 0 Å². The number of nitrogens with one attached hydrogen (secondary N) is 1. The van der Waals surface area contributed by atoms with Crippen molar-refractivity contribution in [3.63, 3.8) is 0 Å². The van der Waals surface area contributed by atoms with E-state index in [0.717, 1.165) is 22.3 Å². The fourth-order valence-corrected chi connectivity index (χ4v) is 4.83. The fourth-order valence-electron chi connectivity index (χ4n) is 2.65. The quantitative estimate of drug-likeness (QED) is 0.685. The first-order valence-corrected chi connectivity index (χ1v) is 8.96. The van der Waals surface area contributed by atoms with Gasteiger partial charge in [0.25, 0.3) is 0 Å². The number of methoxy groups -OCH3 is 1. The SMILES string of the molecule is COc1ccc(Br)cc1NC1CCCc2sc(Br)cc21. The average molecular weight is 417 g/mol. The van der Waals surface area contributed by atoms with Gasteiger partial charge in [0.15, 0.2) is 0 Å². The van der Waals surface area contributed by atoms with Gasteiger partial charge >= 0.3 is 0 Å². The van der Waals surface area contributed by atoms with E-state index in [1.54, 1.807) is 7.11 Å². The Morgan fingerprint density at radius 2 is 2.15 bits per heavy atom. The molecule has 0 spiro atoms. The fraction of sp³-hybridized carbons (Fsp3) is 0.333. The van der Waals surface area contributed by atoms with Gasteiger partial charge in [-0.2, -0.15) is 0 Å². The molecule has 1 heterocycles. The maximum absolute atomic E-state index is 5.45. The number of hydrogen-bond donors (Lipinski definition) is 1. The molecule has 106 valence electrons. The summed E-state index contributed by atoms with van der Waals surface area (Å²) in [5.41, 5.74) is 2.47. The molecule has 1 aliphatic carbocycles. The summed E-state index contributed by atoms with van der Waals surface area (Å²) < 4.78 is 7.72. The number of thiophene rings is 1. The molecule has 5 heteroatoms. The lowest BCUT2D eigenvalue weighted by atomic mass is 9.94. The summed E-state index contributed by atoms with van der Waals surface area (Å²) in [7, 11) is 1.71. The van der Waals surface area contributed by atoms with Gasteiger partial charge in [0.05, 0.1) is 22.6 Å². The number of ether oxygens (including phenoxy) is 1. The molecule has 0 radical (unpaired) electrons. The van der Waals surface area contributed by atoms with Crippen LogP contribution in [0.15, 0.2) is 32.5 Å². The highest BCUT2D eigenvalue weighted by Gasteiger charge is 2.23. The minimum atomic E-state index is 0.365. The molecule has 3 rings (SSSR count). The Labute approximate surface area is 139 Å². The molecule has 2 nitrogen and oxygen atoms in total. The lowest BCUT2D eigenvalue weighted by Gasteiger charge is -2.25. The summed E-state index contributed by atoms with van der Waals surface area (Å²) in [5.74, 6) is 0.884. The van der Waals surface area contributed by atoms with Crippen molar-refractivity contribution in [2.24, 2.45) is 0 Å². The number of fused-ring (bicyclic) bond motifs is 1. The first kappa shape index (κ1) is 14.4. The van der Waals surface area contributed by atoms with E-state index in [1.165, 1.54) is 27.1 Å². The second kappa shape index (κ2) is 6.08. The number of halogens is 2. The molecule has 20 heavy (non-hydrogen) atoms. The molecule has 2 aromatic rings. The minimum absolute atomic E-state index is 0.365. The highest BCUT2D eigenvalue weighted by Crippen LogP contribution is 2.41. The van der Waals surface area contributed by atoms with Gasteiger partial charge in [-0.25, -0.2) is 0 Å². The van der Waals surface area contributed by atoms with Gasteiger partial charge in [0.2, 0.25) is 0 Å². The van der Waals surface area contributed by atoms with Crippen molar-refractivity contribution in [2.45, 2.75) is 25.3 Å². The van der Waals surface area contributed by atoms with Gasteiger partial charge in [0.1, 0.15) is 5.75 Å². The third-order valence-corrected chi connectivity index (χ3v) is 5.78. The molecular weight excluding hydrogens is 402 g/mol. The Hall–Kier alpha value is -0.520. The Morgan fingerprint density at radius 1 is 1.30 bits per heavy atom. The zero-order chi connectivity index (χ0) is 14.1. The Balaban J connectivity index is 1.90. The number of rotatable bonds is 3. The van der Waals surface area contributed by atoms with E-state index in [-0.39, 0.29) is 0 Å². The highest BCUT2D eigenvalue weighted by molar-refractivity contribution is 9.11. The van der Waals surface area contributed by atoms with Crippen LogP contribution in [0.4, 0.5) is 5.69 Å². The van der Waals surface area contributed by atoms with Crippen LogP contribution in [0, 0.1) is 0 Å². The lowest BCUT2D eigenvalue weighted by Crippen LogP contribution is -2.16. The van der Waals surface area contributed by atoms with Crippen LogP contribution in [0.2, 0.25) is 0 Å². The summed E-state index contributed by atoms with van der Waals surface area (Å²) in [6.45, 7) is 0. The molecule has 1 aliphatic rings. The standard InChI is InChI=1S/C15H15Br2NOS/c1-19-13-6-5-9(16)7-12(13)18-11-3-2-4-14-10(11)8-15(17)20-14/h5-8,11,18H,2-4H2,1H3. The van der Waals surface area contributed by atoms with Crippen molar-refractivity contribution in [3.8, 4) is 5.75 Å². The maximum Gasteiger partial charge on any atom is 0.142 e. The molecule has 1 aromatic heterocycles. The average Bonchev–Trinajstić information content (AvgIpc) is 2.80. The summed E-state index contributed by atoms with van der Waals surface area (Å²) in [6.07, 6.45) is 3.58. The van der Waals surface area contributed by atoms with E-state index in [4.69, 9.17) is 4.74 Å². The summed E-state index contributed by atoms with van der Waals surface area (Å²) >= 11 is 8.98. The Bertz CT molecular complexity index is 626. The molecular formula is C15H15Br2NOS. The van der Waals surface area contributed by atoms with E-state index in [0.29, 0.717) is 6.04 Å². The van der Waals surface area contributed by atoms with Gasteiger partial charge in [0, 0.05) is 9.35 Å². The summed E-state index contributed by atoms with van der Waals surface area (Å²) in [6, 6.07) is 8.68. The first-order chi connectivity index (χ1) is 9.67. The molecule has 0 amide bonds. The van der Waals surface area contributed by atoms with Crippen molar-refractivity contribution in [2.75, 3.05) is 12.4 Å². The molecule has 1 atom stereocenters. The molecule has 0 saturated carbocycles. The van der Waals surface area contributed by atoms with Gasteiger partial charge < -0.3 is 10.1 Å².